The van der Waals surface area contributed by atoms with Crippen LogP contribution >= 0.6 is 11.8 Å². The molecule has 0 fully saturated rings. The number of nitrogens with one attached hydrogen (secondary N) is 1. The Balaban J connectivity index is 2.04. The molecular weight excluding hydrogens is 308 g/mol. The van der Waals surface area contributed by atoms with E-state index in [1.54, 1.807) is 0 Å². The zero-order chi connectivity index (χ0) is 16.5. The van der Waals surface area contributed by atoms with Gasteiger partial charge in [-0.25, -0.2) is 0 Å². The van der Waals surface area contributed by atoms with E-state index in [2.05, 4.69) is 39.1 Å². The molecule has 23 heavy (non-hydrogen) atoms. The summed E-state index contributed by atoms with van der Waals surface area (Å²) in [7, 11) is 0. The Morgan fingerprint density at radius 3 is 2.65 bits per heavy atom. The number of hydrogen-bond acceptors (Lipinski definition) is 4. The van der Waals surface area contributed by atoms with Crippen molar-refractivity contribution in [3.63, 3.8) is 0 Å². The van der Waals surface area contributed by atoms with Crippen molar-refractivity contribution in [1.82, 2.24) is 20.1 Å². The van der Waals surface area contributed by atoms with Gasteiger partial charge < -0.3 is 9.88 Å². The lowest BCUT2D eigenvalue weighted by Gasteiger charge is -2.09. The Labute approximate surface area is 141 Å². The van der Waals surface area contributed by atoms with Crippen molar-refractivity contribution >= 4 is 17.7 Å². The first kappa shape index (κ1) is 17.5. The maximum atomic E-state index is 11.8. The van der Waals surface area contributed by atoms with Crippen molar-refractivity contribution in [1.29, 1.82) is 0 Å². The molecule has 1 amide bonds. The molecule has 1 aromatic heterocycles. The molecule has 0 aliphatic carbocycles. The van der Waals surface area contributed by atoms with Crippen molar-refractivity contribution in [3.8, 4) is 0 Å². The van der Waals surface area contributed by atoms with Crippen LogP contribution in [0.3, 0.4) is 0 Å². The summed E-state index contributed by atoms with van der Waals surface area (Å²) in [5.74, 6) is 1.38. The molecule has 0 radical (unpaired) electrons. The fourth-order valence-electron chi connectivity index (χ4n) is 2.23. The average Bonchev–Trinajstić information content (AvgIpc) is 2.94. The van der Waals surface area contributed by atoms with Crippen LogP contribution in [0.2, 0.25) is 0 Å². The summed E-state index contributed by atoms with van der Waals surface area (Å²) in [6.07, 6.45) is 2.72. The van der Waals surface area contributed by atoms with Gasteiger partial charge in [-0.2, -0.15) is 0 Å². The van der Waals surface area contributed by atoms with Crippen LogP contribution in [0.25, 0.3) is 0 Å². The van der Waals surface area contributed by atoms with E-state index >= 15 is 0 Å². The number of carbonyl (C=O) groups is 1. The monoisotopic (exact) mass is 332 g/mol. The maximum Gasteiger partial charge on any atom is 0.230 e. The quantitative estimate of drug-likeness (QED) is 0.717. The van der Waals surface area contributed by atoms with Crippen molar-refractivity contribution in [3.05, 3.63) is 41.7 Å². The summed E-state index contributed by atoms with van der Waals surface area (Å²) in [6, 6.07) is 10.3. The topological polar surface area (TPSA) is 59.8 Å². The molecule has 5 nitrogen and oxygen atoms in total. The molecule has 1 aromatic carbocycles. The Morgan fingerprint density at radius 1 is 1.17 bits per heavy atom. The molecule has 0 saturated carbocycles. The molecule has 1 heterocycles. The SMILES string of the molecule is CCCNC(=O)CSc1nnc(Cc2ccccc2)n1CCC. The Kier molecular flexibility index (Phi) is 7.13. The molecule has 0 spiro atoms. The molecule has 0 unspecified atom stereocenters. The van der Waals surface area contributed by atoms with E-state index in [-0.39, 0.29) is 5.91 Å². The van der Waals surface area contributed by atoms with Crippen LogP contribution in [0.1, 0.15) is 38.1 Å². The molecule has 0 saturated heterocycles. The molecule has 0 atom stereocenters. The molecule has 124 valence electrons. The Bertz CT molecular complexity index is 612. The van der Waals surface area contributed by atoms with Crippen LogP contribution in [0, 0.1) is 0 Å². The minimum absolute atomic E-state index is 0.0486. The lowest BCUT2D eigenvalue weighted by atomic mass is 10.1. The van der Waals surface area contributed by atoms with Crippen LogP contribution in [0.5, 0.6) is 0 Å². The molecule has 0 aliphatic heterocycles. The van der Waals surface area contributed by atoms with Crippen molar-refractivity contribution in [2.75, 3.05) is 12.3 Å². The van der Waals surface area contributed by atoms with E-state index in [0.29, 0.717) is 5.75 Å². The van der Waals surface area contributed by atoms with Crippen LogP contribution < -0.4 is 5.32 Å². The minimum Gasteiger partial charge on any atom is -0.355 e. The summed E-state index contributed by atoms with van der Waals surface area (Å²) >= 11 is 1.45. The zero-order valence-corrected chi connectivity index (χ0v) is 14.6. The van der Waals surface area contributed by atoms with Gasteiger partial charge in [0.15, 0.2) is 5.16 Å². The normalized spacial score (nSPS) is 10.7. The standard InChI is InChI=1S/C17H24N4OS/c1-3-10-18-16(22)13-23-17-20-19-15(21(17)11-4-2)12-14-8-6-5-7-9-14/h5-9H,3-4,10-13H2,1-2H3,(H,18,22). The van der Waals surface area contributed by atoms with Crippen LogP contribution in [0.4, 0.5) is 0 Å². The number of carbonyl (C=O) groups excluding carboxylic acids is 1. The van der Waals surface area contributed by atoms with Gasteiger partial charge in [-0.15, -0.1) is 10.2 Å². The smallest absolute Gasteiger partial charge is 0.230 e. The summed E-state index contributed by atoms with van der Waals surface area (Å²) in [4.78, 5) is 11.8. The number of rotatable bonds is 9. The average molecular weight is 332 g/mol. The maximum absolute atomic E-state index is 11.8. The van der Waals surface area contributed by atoms with Gasteiger partial charge in [-0.1, -0.05) is 55.9 Å². The molecule has 6 heteroatoms. The number of aromatic nitrogens is 3. The Hall–Kier alpha value is -1.82. The van der Waals surface area contributed by atoms with Crippen LogP contribution in [-0.2, 0) is 17.8 Å². The largest absolute Gasteiger partial charge is 0.355 e. The number of amides is 1. The van der Waals surface area contributed by atoms with Crippen molar-refractivity contribution in [2.45, 2.75) is 44.8 Å². The van der Waals surface area contributed by atoms with Gasteiger partial charge in [0, 0.05) is 19.5 Å². The third-order valence-corrected chi connectivity index (χ3v) is 4.32. The first-order valence-electron chi connectivity index (χ1n) is 8.10. The van der Waals surface area contributed by atoms with E-state index in [0.717, 1.165) is 43.3 Å². The highest BCUT2D eigenvalue weighted by molar-refractivity contribution is 7.99. The number of hydrogen-bond donors (Lipinski definition) is 1. The van der Waals surface area contributed by atoms with E-state index in [4.69, 9.17) is 0 Å². The molecular formula is C17H24N4OS. The van der Waals surface area contributed by atoms with Gasteiger partial charge in [0.25, 0.3) is 0 Å². The van der Waals surface area contributed by atoms with Gasteiger partial charge in [0.05, 0.1) is 5.75 Å². The van der Waals surface area contributed by atoms with Crippen molar-refractivity contribution in [2.24, 2.45) is 0 Å². The minimum atomic E-state index is 0.0486. The van der Waals surface area contributed by atoms with E-state index in [1.807, 2.05) is 25.1 Å². The molecule has 2 rings (SSSR count). The number of nitrogens with zero attached hydrogens (tertiary/aromatic N) is 3. The second-order valence-corrected chi connectivity index (χ2v) is 6.29. The lowest BCUT2D eigenvalue weighted by molar-refractivity contribution is -0.118. The van der Waals surface area contributed by atoms with E-state index in [1.165, 1.54) is 17.3 Å². The van der Waals surface area contributed by atoms with Crippen molar-refractivity contribution < 1.29 is 4.79 Å². The summed E-state index contributed by atoms with van der Waals surface area (Å²) in [5, 5.41) is 12.3. The molecule has 0 aliphatic rings. The van der Waals surface area contributed by atoms with E-state index in [9.17, 15) is 4.79 Å². The number of thioether (sulfide) groups is 1. The van der Waals surface area contributed by atoms with Gasteiger partial charge in [-0.3, -0.25) is 4.79 Å². The van der Waals surface area contributed by atoms with E-state index < -0.39 is 0 Å². The second kappa shape index (κ2) is 9.35. The van der Waals surface area contributed by atoms with Gasteiger partial charge in [-0.05, 0) is 18.4 Å². The lowest BCUT2D eigenvalue weighted by Crippen LogP contribution is -2.25. The Morgan fingerprint density at radius 2 is 1.96 bits per heavy atom. The highest BCUT2D eigenvalue weighted by Gasteiger charge is 2.14. The zero-order valence-electron chi connectivity index (χ0n) is 13.8. The predicted octanol–water partition coefficient (Wildman–Crippen LogP) is 2.90. The number of benzene rings is 1. The van der Waals surface area contributed by atoms with Gasteiger partial charge >= 0.3 is 0 Å². The summed E-state index contributed by atoms with van der Waals surface area (Å²) in [5.41, 5.74) is 1.22. The van der Waals surface area contributed by atoms with Gasteiger partial charge in [0.2, 0.25) is 5.91 Å². The molecule has 2 aromatic rings. The van der Waals surface area contributed by atoms with Crippen LogP contribution in [-0.4, -0.2) is 33.0 Å². The molecule has 0 bridgehead atoms. The summed E-state index contributed by atoms with van der Waals surface area (Å²) < 4.78 is 2.13. The second-order valence-electron chi connectivity index (χ2n) is 5.35. The fourth-order valence-corrected chi connectivity index (χ4v) is 3.04. The first-order chi connectivity index (χ1) is 11.2. The van der Waals surface area contributed by atoms with Gasteiger partial charge in [0.1, 0.15) is 5.82 Å². The summed E-state index contributed by atoms with van der Waals surface area (Å²) in [6.45, 7) is 5.77. The first-order valence-corrected chi connectivity index (χ1v) is 9.08. The fraction of sp³-hybridized carbons (Fsp3) is 0.471. The third-order valence-electron chi connectivity index (χ3n) is 3.35. The highest BCUT2D eigenvalue weighted by Crippen LogP contribution is 2.19. The predicted molar refractivity (Wildman–Crippen MR) is 93.6 cm³/mol. The third kappa shape index (κ3) is 5.39. The molecule has 1 N–H and O–H groups in total. The highest BCUT2D eigenvalue weighted by atomic mass is 32.2. The van der Waals surface area contributed by atoms with Crippen LogP contribution in [0.15, 0.2) is 35.5 Å².